The van der Waals surface area contributed by atoms with Crippen LogP contribution in [-0.4, -0.2) is 41.0 Å². The van der Waals surface area contributed by atoms with Crippen LogP contribution in [0.1, 0.15) is 21.5 Å². The van der Waals surface area contributed by atoms with E-state index in [9.17, 15) is 19.7 Å². The SMILES string of the molecule is COC(=O)c1ccc(N=C2SC(=Cc3cc(Br)ccc3OCc3cccc([N+](=O)[O-])c3)C(=O)N2C)cc1. The van der Waals surface area contributed by atoms with E-state index in [2.05, 4.69) is 20.9 Å². The van der Waals surface area contributed by atoms with Gasteiger partial charge in [-0.3, -0.25) is 19.8 Å². The smallest absolute Gasteiger partial charge is 0.337 e. The highest BCUT2D eigenvalue weighted by Gasteiger charge is 2.30. The van der Waals surface area contributed by atoms with E-state index in [0.29, 0.717) is 38.2 Å². The van der Waals surface area contributed by atoms with Crippen LogP contribution in [-0.2, 0) is 16.1 Å². The van der Waals surface area contributed by atoms with Crippen LogP contribution >= 0.6 is 27.7 Å². The molecule has 0 spiro atoms. The quantitative estimate of drug-likeness (QED) is 0.146. The number of hydrogen-bond donors (Lipinski definition) is 0. The lowest BCUT2D eigenvalue weighted by molar-refractivity contribution is -0.384. The number of amides is 1. The zero-order valence-electron chi connectivity index (χ0n) is 19.7. The molecule has 0 atom stereocenters. The fourth-order valence-corrected chi connectivity index (χ4v) is 4.73. The number of nitrogens with zero attached hydrogens (tertiary/aromatic N) is 3. The van der Waals surface area contributed by atoms with Crippen molar-refractivity contribution >= 4 is 62.2 Å². The molecule has 0 unspecified atom stereocenters. The van der Waals surface area contributed by atoms with Crippen molar-refractivity contribution in [3.8, 4) is 5.75 Å². The third-order valence-electron chi connectivity index (χ3n) is 5.29. The lowest BCUT2D eigenvalue weighted by Crippen LogP contribution is -2.23. The van der Waals surface area contributed by atoms with E-state index in [1.54, 1.807) is 55.6 Å². The second-order valence-electron chi connectivity index (χ2n) is 7.81. The van der Waals surface area contributed by atoms with Crippen LogP contribution in [0.5, 0.6) is 5.75 Å². The van der Waals surface area contributed by atoms with Gasteiger partial charge in [0, 0.05) is 29.2 Å². The first-order chi connectivity index (χ1) is 17.7. The lowest BCUT2D eigenvalue weighted by atomic mass is 10.1. The van der Waals surface area contributed by atoms with Crippen molar-refractivity contribution in [2.75, 3.05) is 14.2 Å². The van der Waals surface area contributed by atoms with E-state index in [1.165, 1.54) is 35.9 Å². The summed E-state index contributed by atoms with van der Waals surface area (Å²) in [5, 5.41) is 11.5. The number of methoxy groups -OCH3 is 1. The van der Waals surface area contributed by atoms with Gasteiger partial charge in [-0.15, -0.1) is 0 Å². The van der Waals surface area contributed by atoms with Crippen LogP contribution in [0.15, 0.2) is 81.1 Å². The molecule has 0 saturated carbocycles. The van der Waals surface area contributed by atoms with Gasteiger partial charge in [-0.2, -0.15) is 0 Å². The number of carbonyl (C=O) groups excluding carboxylic acids is 2. The number of rotatable bonds is 7. The zero-order chi connectivity index (χ0) is 26.5. The molecule has 0 bridgehead atoms. The van der Waals surface area contributed by atoms with Crippen molar-refractivity contribution in [1.82, 2.24) is 4.90 Å². The van der Waals surface area contributed by atoms with Gasteiger partial charge in [-0.05, 0) is 65.9 Å². The van der Waals surface area contributed by atoms with Crippen LogP contribution in [0.25, 0.3) is 6.08 Å². The zero-order valence-corrected chi connectivity index (χ0v) is 22.1. The summed E-state index contributed by atoms with van der Waals surface area (Å²) in [7, 11) is 2.95. The third-order valence-corrected chi connectivity index (χ3v) is 6.84. The fourth-order valence-electron chi connectivity index (χ4n) is 3.38. The number of ether oxygens (including phenoxy) is 2. The number of nitro groups is 1. The number of hydrogen-bond acceptors (Lipinski definition) is 8. The monoisotopic (exact) mass is 581 g/mol. The molecule has 0 radical (unpaired) electrons. The van der Waals surface area contributed by atoms with Crippen molar-refractivity contribution < 1.29 is 24.0 Å². The standard InChI is InChI=1S/C26H20BrN3O6S/c1-29-24(31)23(37-26(29)28-20-9-6-17(7-10-20)25(32)35-2)14-18-13-19(27)8-11-22(18)36-15-16-4-3-5-21(12-16)30(33)34/h3-14H,15H2,1-2H3. The van der Waals surface area contributed by atoms with Gasteiger partial charge >= 0.3 is 5.97 Å². The topological polar surface area (TPSA) is 111 Å². The lowest BCUT2D eigenvalue weighted by Gasteiger charge is -2.10. The van der Waals surface area contributed by atoms with Crippen molar-refractivity contribution in [2.24, 2.45) is 4.99 Å². The number of carbonyl (C=O) groups is 2. The Hall–Kier alpha value is -3.96. The Kier molecular flexibility index (Phi) is 8.04. The molecule has 1 amide bonds. The van der Waals surface area contributed by atoms with Crippen LogP contribution < -0.4 is 4.74 Å². The predicted octanol–water partition coefficient (Wildman–Crippen LogP) is 5.96. The van der Waals surface area contributed by atoms with Gasteiger partial charge in [-0.25, -0.2) is 9.79 Å². The Labute approximate surface area is 225 Å². The molecule has 1 saturated heterocycles. The molecule has 0 aromatic heterocycles. The Morgan fingerprint density at radius 3 is 2.62 bits per heavy atom. The highest BCUT2D eigenvalue weighted by Crippen LogP contribution is 2.35. The molecule has 4 rings (SSSR count). The number of thioether (sulfide) groups is 1. The maximum absolute atomic E-state index is 12.9. The molecule has 3 aromatic rings. The van der Waals surface area contributed by atoms with E-state index in [4.69, 9.17) is 9.47 Å². The molecule has 1 heterocycles. The molecule has 37 heavy (non-hydrogen) atoms. The minimum Gasteiger partial charge on any atom is -0.488 e. The number of non-ortho nitro benzene ring substituents is 1. The summed E-state index contributed by atoms with van der Waals surface area (Å²) in [6.07, 6.45) is 1.72. The Balaban J connectivity index is 1.56. The summed E-state index contributed by atoms with van der Waals surface area (Å²) in [4.78, 5) is 41.6. The molecular formula is C26H20BrN3O6S. The summed E-state index contributed by atoms with van der Waals surface area (Å²) in [6.45, 7) is 0.120. The molecular weight excluding hydrogens is 562 g/mol. The maximum Gasteiger partial charge on any atom is 0.337 e. The van der Waals surface area contributed by atoms with E-state index < -0.39 is 10.9 Å². The van der Waals surface area contributed by atoms with Crippen molar-refractivity contribution in [2.45, 2.75) is 6.61 Å². The second kappa shape index (κ2) is 11.4. The van der Waals surface area contributed by atoms with Crippen molar-refractivity contribution in [3.63, 3.8) is 0 Å². The van der Waals surface area contributed by atoms with Crippen molar-refractivity contribution in [3.05, 3.63) is 103 Å². The summed E-state index contributed by atoms with van der Waals surface area (Å²) < 4.78 is 11.5. The maximum atomic E-state index is 12.9. The molecule has 3 aromatic carbocycles. The summed E-state index contributed by atoms with van der Waals surface area (Å²) >= 11 is 4.67. The number of amidine groups is 1. The molecule has 188 valence electrons. The Morgan fingerprint density at radius 2 is 1.92 bits per heavy atom. The normalized spacial score (nSPS) is 15.3. The first-order valence-electron chi connectivity index (χ1n) is 10.9. The van der Waals surface area contributed by atoms with E-state index in [-0.39, 0.29) is 18.2 Å². The fraction of sp³-hybridized carbons (Fsp3) is 0.115. The number of likely N-dealkylation sites (N-methyl/N-ethyl adjacent to an activating group) is 1. The second-order valence-corrected chi connectivity index (χ2v) is 9.73. The van der Waals surface area contributed by atoms with Gasteiger partial charge < -0.3 is 9.47 Å². The molecule has 11 heteroatoms. The average molecular weight is 582 g/mol. The van der Waals surface area contributed by atoms with Crippen LogP contribution in [0.2, 0.25) is 0 Å². The number of halogens is 1. The van der Waals surface area contributed by atoms with E-state index >= 15 is 0 Å². The molecule has 1 aliphatic heterocycles. The number of esters is 1. The summed E-state index contributed by atoms with van der Waals surface area (Å²) in [6, 6.07) is 18.2. The minimum atomic E-state index is -0.453. The number of nitro benzene ring substituents is 1. The third kappa shape index (κ3) is 6.25. The van der Waals surface area contributed by atoms with Crippen molar-refractivity contribution in [1.29, 1.82) is 0 Å². The van der Waals surface area contributed by atoms with Gasteiger partial charge in [0.25, 0.3) is 11.6 Å². The molecule has 0 N–H and O–H groups in total. The highest BCUT2D eigenvalue weighted by molar-refractivity contribution is 9.10. The van der Waals surface area contributed by atoms with E-state index in [0.717, 1.165) is 4.47 Å². The number of benzene rings is 3. The number of aliphatic imine (C=N–C) groups is 1. The van der Waals surface area contributed by atoms with Crippen LogP contribution in [0, 0.1) is 10.1 Å². The first-order valence-corrected chi connectivity index (χ1v) is 12.5. The van der Waals surface area contributed by atoms with Gasteiger partial charge in [0.1, 0.15) is 12.4 Å². The Bertz CT molecular complexity index is 1440. The van der Waals surface area contributed by atoms with Crippen LogP contribution in [0.3, 0.4) is 0 Å². The molecule has 1 fully saturated rings. The molecule has 9 nitrogen and oxygen atoms in total. The predicted molar refractivity (Wildman–Crippen MR) is 145 cm³/mol. The average Bonchev–Trinajstić information content (AvgIpc) is 3.16. The summed E-state index contributed by atoms with van der Waals surface area (Å²) in [5.41, 5.74) is 2.28. The molecule has 1 aliphatic rings. The van der Waals surface area contributed by atoms with Gasteiger partial charge in [0.05, 0.1) is 28.2 Å². The van der Waals surface area contributed by atoms with Gasteiger partial charge in [0.2, 0.25) is 0 Å². The summed E-state index contributed by atoms with van der Waals surface area (Å²) in [5.74, 6) is -0.147. The molecule has 0 aliphatic carbocycles. The first kappa shape index (κ1) is 26.1. The highest BCUT2D eigenvalue weighted by atomic mass is 79.9. The van der Waals surface area contributed by atoms with Gasteiger partial charge in [-0.1, -0.05) is 28.1 Å². The largest absolute Gasteiger partial charge is 0.488 e. The van der Waals surface area contributed by atoms with E-state index in [1.807, 2.05) is 12.1 Å². The van der Waals surface area contributed by atoms with Gasteiger partial charge in [0.15, 0.2) is 5.17 Å². The minimum absolute atomic E-state index is 0.0120. The van der Waals surface area contributed by atoms with Crippen LogP contribution in [0.4, 0.5) is 11.4 Å². The Morgan fingerprint density at radius 1 is 1.16 bits per heavy atom.